The van der Waals surface area contributed by atoms with Crippen LogP contribution in [0.3, 0.4) is 0 Å². The van der Waals surface area contributed by atoms with Crippen LogP contribution in [0.25, 0.3) is 0 Å². The molecule has 17 heavy (non-hydrogen) atoms. The minimum absolute atomic E-state index is 0.141. The van der Waals surface area contributed by atoms with Crippen LogP contribution in [-0.2, 0) is 11.3 Å². The van der Waals surface area contributed by atoms with E-state index in [1.165, 1.54) is 5.56 Å². The predicted molar refractivity (Wildman–Crippen MR) is 70.2 cm³/mol. The van der Waals surface area contributed by atoms with E-state index in [1.807, 2.05) is 6.07 Å². The van der Waals surface area contributed by atoms with Crippen molar-refractivity contribution in [2.24, 2.45) is 5.73 Å². The number of aryl methyl sites for hydroxylation is 1. The van der Waals surface area contributed by atoms with E-state index in [-0.39, 0.29) is 6.61 Å². The fraction of sp³-hybridized carbons (Fsp3) is 0.538. The molecular weight excluding hydrogens is 216 g/mol. The first-order valence-electron chi connectivity index (χ1n) is 5.87. The highest BCUT2D eigenvalue weighted by molar-refractivity contribution is 5.54. The summed E-state index contributed by atoms with van der Waals surface area (Å²) in [5.74, 6) is 0. The lowest BCUT2D eigenvalue weighted by molar-refractivity contribution is 0.203. The minimum atomic E-state index is 0.141. The molecule has 0 fully saturated rings. The van der Waals surface area contributed by atoms with E-state index in [2.05, 4.69) is 24.0 Å². The van der Waals surface area contributed by atoms with Gasteiger partial charge in [0.15, 0.2) is 0 Å². The van der Waals surface area contributed by atoms with Gasteiger partial charge in [-0.2, -0.15) is 0 Å². The van der Waals surface area contributed by atoms with E-state index in [4.69, 9.17) is 15.6 Å². The molecule has 0 heterocycles. The van der Waals surface area contributed by atoms with E-state index in [0.29, 0.717) is 19.7 Å². The molecule has 1 rings (SSSR count). The van der Waals surface area contributed by atoms with Gasteiger partial charge in [0.05, 0.1) is 13.2 Å². The van der Waals surface area contributed by atoms with Gasteiger partial charge in [-0.15, -0.1) is 0 Å². The van der Waals surface area contributed by atoms with Crippen molar-refractivity contribution < 1.29 is 9.84 Å². The van der Waals surface area contributed by atoms with Crippen LogP contribution in [0.4, 0.5) is 5.69 Å². The van der Waals surface area contributed by atoms with Crippen LogP contribution in [-0.4, -0.2) is 38.5 Å². The summed E-state index contributed by atoms with van der Waals surface area (Å²) < 4.78 is 5.08. The largest absolute Gasteiger partial charge is 0.395 e. The summed E-state index contributed by atoms with van der Waals surface area (Å²) in [5.41, 5.74) is 9.05. The van der Waals surface area contributed by atoms with Gasteiger partial charge in [-0.3, -0.25) is 0 Å². The second kappa shape index (κ2) is 7.27. The van der Waals surface area contributed by atoms with Crippen LogP contribution in [0.2, 0.25) is 0 Å². The van der Waals surface area contributed by atoms with Crippen LogP contribution in [0.5, 0.6) is 0 Å². The topological polar surface area (TPSA) is 58.7 Å². The fourth-order valence-corrected chi connectivity index (χ4v) is 1.87. The van der Waals surface area contributed by atoms with Crippen molar-refractivity contribution in [3.63, 3.8) is 0 Å². The molecule has 4 nitrogen and oxygen atoms in total. The van der Waals surface area contributed by atoms with Crippen molar-refractivity contribution in [3.8, 4) is 0 Å². The molecule has 1 aromatic rings. The lowest BCUT2D eigenvalue weighted by Crippen LogP contribution is -2.30. The van der Waals surface area contributed by atoms with Crippen molar-refractivity contribution in [1.82, 2.24) is 0 Å². The third-order valence-electron chi connectivity index (χ3n) is 2.77. The number of nitrogens with zero attached hydrogens (tertiary/aromatic N) is 1. The van der Waals surface area contributed by atoms with Gasteiger partial charge in [0.1, 0.15) is 0 Å². The third-order valence-corrected chi connectivity index (χ3v) is 2.77. The summed E-state index contributed by atoms with van der Waals surface area (Å²) >= 11 is 0. The van der Waals surface area contributed by atoms with E-state index in [0.717, 1.165) is 17.8 Å². The summed E-state index contributed by atoms with van der Waals surface area (Å²) in [6.45, 7) is 4.80. The zero-order valence-corrected chi connectivity index (χ0v) is 10.6. The van der Waals surface area contributed by atoms with E-state index in [9.17, 15) is 0 Å². The second-order valence-electron chi connectivity index (χ2n) is 4.03. The van der Waals surface area contributed by atoms with Crippen molar-refractivity contribution in [3.05, 3.63) is 29.3 Å². The van der Waals surface area contributed by atoms with Gasteiger partial charge in [0.25, 0.3) is 0 Å². The Kier molecular flexibility index (Phi) is 5.97. The molecular formula is C13H22N2O2. The highest BCUT2D eigenvalue weighted by Gasteiger charge is 2.08. The highest BCUT2D eigenvalue weighted by atomic mass is 16.5. The summed E-state index contributed by atoms with van der Waals surface area (Å²) in [4.78, 5) is 2.12. The van der Waals surface area contributed by atoms with Gasteiger partial charge >= 0.3 is 0 Å². The van der Waals surface area contributed by atoms with E-state index in [1.54, 1.807) is 7.11 Å². The van der Waals surface area contributed by atoms with Crippen LogP contribution in [0, 0.1) is 6.92 Å². The van der Waals surface area contributed by atoms with Gasteiger partial charge in [-0.1, -0.05) is 12.1 Å². The van der Waals surface area contributed by atoms with Gasteiger partial charge in [-0.05, 0) is 24.1 Å². The molecule has 0 amide bonds. The van der Waals surface area contributed by atoms with Crippen LogP contribution in [0.1, 0.15) is 11.1 Å². The molecule has 0 unspecified atom stereocenters. The number of hydrogen-bond acceptors (Lipinski definition) is 4. The standard InChI is InChI=1S/C13H22N2O2/c1-11-9-12(10-14)3-4-13(11)15(5-7-16)6-8-17-2/h3-4,9,16H,5-8,10,14H2,1-2H3. The summed E-state index contributed by atoms with van der Waals surface area (Å²) in [7, 11) is 1.68. The van der Waals surface area contributed by atoms with Gasteiger partial charge in [0.2, 0.25) is 0 Å². The number of nitrogens with two attached hydrogens (primary N) is 1. The fourth-order valence-electron chi connectivity index (χ4n) is 1.87. The maximum absolute atomic E-state index is 9.09. The number of ether oxygens (including phenoxy) is 1. The van der Waals surface area contributed by atoms with Crippen molar-refractivity contribution in [1.29, 1.82) is 0 Å². The number of methoxy groups -OCH3 is 1. The first-order valence-corrected chi connectivity index (χ1v) is 5.87. The van der Waals surface area contributed by atoms with Crippen molar-refractivity contribution in [2.75, 3.05) is 38.3 Å². The average molecular weight is 238 g/mol. The number of hydrogen-bond donors (Lipinski definition) is 2. The monoisotopic (exact) mass is 238 g/mol. The summed E-state index contributed by atoms with van der Waals surface area (Å²) in [5, 5.41) is 9.09. The Labute approximate surface area is 103 Å². The summed E-state index contributed by atoms with van der Waals surface area (Å²) in [6, 6.07) is 6.18. The Morgan fingerprint density at radius 1 is 1.35 bits per heavy atom. The zero-order valence-electron chi connectivity index (χ0n) is 10.6. The maximum atomic E-state index is 9.09. The Hall–Kier alpha value is -1.10. The molecule has 0 aliphatic heterocycles. The molecule has 4 heteroatoms. The van der Waals surface area contributed by atoms with Gasteiger partial charge in [-0.25, -0.2) is 0 Å². The Morgan fingerprint density at radius 2 is 2.12 bits per heavy atom. The van der Waals surface area contributed by atoms with E-state index < -0.39 is 0 Å². The number of anilines is 1. The zero-order chi connectivity index (χ0) is 12.7. The first-order chi connectivity index (χ1) is 8.22. The molecule has 0 saturated heterocycles. The first kappa shape index (κ1) is 14.0. The normalized spacial score (nSPS) is 10.6. The van der Waals surface area contributed by atoms with Crippen molar-refractivity contribution >= 4 is 5.69 Å². The molecule has 0 aliphatic carbocycles. The van der Waals surface area contributed by atoms with Crippen LogP contribution in [0.15, 0.2) is 18.2 Å². The molecule has 0 atom stereocenters. The number of rotatable bonds is 7. The Bertz CT molecular complexity index is 342. The third kappa shape index (κ3) is 4.00. The molecule has 0 aliphatic rings. The van der Waals surface area contributed by atoms with Crippen LogP contribution < -0.4 is 10.6 Å². The lowest BCUT2D eigenvalue weighted by Gasteiger charge is -2.25. The number of benzene rings is 1. The molecule has 3 N–H and O–H groups in total. The maximum Gasteiger partial charge on any atom is 0.0637 e. The highest BCUT2D eigenvalue weighted by Crippen LogP contribution is 2.20. The molecule has 0 spiro atoms. The number of aliphatic hydroxyl groups is 1. The Balaban J connectivity index is 2.85. The van der Waals surface area contributed by atoms with E-state index >= 15 is 0 Å². The lowest BCUT2D eigenvalue weighted by atomic mass is 10.1. The average Bonchev–Trinajstić information content (AvgIpc) is 2.34. The minimum Gasteiger partial charge on any atom is -0.395 e. The SMILES string of the molecule is COCCN(CCO)c1ccc(CN)cc1C. The van der Waals surface area contributed by atoms with Crippen molar-refractivity contribution in [2.45, 2.75) is 13.5 Å². The molecule has 1 aromatic carbocycles. The molecule has 0 radical (unpaired) electrons. The predicted octanol–water partition coefficient (Wildman–Crippen LogP) is 0.899. The van der Waals surface area contributed by atoms with Crippen LogP contribution >= 0.6 is 0 Å². The Morgan fingerprint density at radius 3 is 2.65 bits per heavy atom. The van der Waals surface area contributed by atoms with Gasteiger partial charge in [0, 0.05) is 32.4 Å². The molecule has 0 saturated carbocycles. The molecule has 96 valence electrons. The molecule has 0 bridgehead atoms. The smallest absolute Gasteiger partial charge is 0.0637 e. The summed E-state index contributed by atoms with van der Waals surface area (Å²) in [6.07, 6.45) is 0. The molecule has 0 aromatic heterocycles. The quantitative estimate of drug-likeness (QED) is 0.741. The number of aliphatic hydroxyl groups excluding tert-OH is 1. The second-order valence-corrected chi connectivity index (χ2v) is 4.03. The van der Waals surface area contributed by atoms with Gasteiger partial charge < -0.3 is 20.5 Å².